The van der Waals surface area contributed by atoms with Crippen LogP contribution in [0.5, 0.6) is 0 Å². The molecule has 0 fully saturated rings. The SMILES string of the molecule is [Au+].[Au+].[Au+].[Au+].[Cl-].[Cl-].c1ccc(P(CCP(c2ccccn2)c2ccccn2)c2ccccn2)nc1.c1ccc(P(CCP(c2ccccn2)c2ccccn2)c2ccccn2)nc1. The summed E-state index contributed by atoms with van der Waals surface area (Å²) in [6.45, 7) is 0. The van der Waals surface area contributed by atoms with Gasteiger partial charge < -0.3 is 24.8 Å². The molecular weight excluding hydrogens is 1620 g/mol. The third-order valence-electron chi connectivity index (χ3n) is 8.50. The first kappa shape index (κ1) is 58.5. The zero-order valence-electron chi connectivity index (χ0n) is 32.6. The van der Waals surface area contributed by atoms with Crippen LogP contribution in [0.2, 0.25) is 0 Å². The Balaban J connectivity index is 0.000000565. The maximum absolute atomic E-state index is 4.64. The normalized spacial score (nSPS) is 10.0. The Kier molecular flexibility index (Phi) is 31.1. The summed E-state index contributed by atoms with van der Waals surface area (Å²) in [4.78, 5) is 37.1. The van der Waals surface area contributed by atoms with Gasteiger partial charge in [-0.25, -0.2) is 0 Å². The van der Waals surface area contributed by atoms with Crippen LogP contribution in [0.1, 0.15) is 0 Å². The number of hydrogen-bond donors (Lipinski definition) is 0. The van der Waals surface area contributed by atoms with Crippen LogP contribution >= 0.6 is 31.7 Å². The first-order valence-electron chi connectivity index (χ1n) is 18.2. The van der Waals surface area contributed by atoms with Crippen molar-refractivity contribution in [3.05, 3.63) is 195 Å². The third kappa shape index (κ3) is 17.7. The van der Waals surface area contributed by atoms with Gasteiger partial charge in [-0.15, -0.1) is 0 Å². The van der Waals surface area contributed by atoms with E-state index in [9.17, 15) is 0 Å². The summed E-state index contributed by atoms with van der Waals surface area (Å²) in [5, 5.41) is 0. The molecule has 0 amide bonds. The molecule has 8 aromatic heterocycles. The molecule has 0 unspecified atom stereocenters. The van der Waals surface area contributed by atoms with Crippen molar-refractivity contribution >= 4 is 75.2 Å². The minimum absolute atomic E-state index is 0. The number of halogens is 2. The quantitative estimate of drug-likeness (QED) is 0.108. The van der Waals surface area contributed by atoms with Crippen molar-refractivity contribution in [2.45, 2.75) is 0 Å². The number of rotatable bonds is 14. The van der Waals surface area contributed by atoms with Crippen molar-refractivity contribution in [3.63, 3.8) is 0 Å². The molecule has 0 N–H and O–H groups in total. The second-order valence-corrected chi connectivity index (χ2v) is 21.0. The van der Waals surface area contributed by atoms with Gasteiger partial charge >= 0.3 is 89.5 Å². The van der Waals surface area contributed by atoms with E-state index >= 15 is 0 Å². The fourth-order valence-electron chi connectivity index (χ4n) is 5.89. The molecule has 8 aromatic rings. The Hall–Kier alpha value is -1.54. The summed E-state index contributed by atoms with van der Waals surface area (Å²) in [6.07, 6.45) is 19.0. The Morgan fingerprint density at radius 2 is 0.355 bits per heavy atom. The molecule has 0 saturated carbocycles. The average molecular weight is 1660 g/mol. The number of hydrogen-bond acceptors (Lipinski definition) is 8. The van der Waals surface area contributed by atoms with Crippen LogP contribution in [-0.4, -0.2) is 64.5 Å². The summed E-state index contributed by atoms with van der Waals surface area (Å²) in [5.74, 6) is 0. The van der Waals surface area contributed by atoms with Gasteiger partial charge in [0.25, 0.3) is 0 Å². The first-order valence-corrected chi connectivity index (χ1v) is 24.3. The van der Waals surface area contributed by atoms with E-state index in [2.05, 4.69) is 137 Å². The molecule has 0 aromatic carbocycles. The van der Waals surface area contributed by atoms with Crippen molar-refractivity contribution in [2.75, 3.05) is 24.6 Å². The smallest absolute Gasteiger partial charge is 1.00 e. The van der Waals surface area contributed by atoms with E-state index in [-0.39, 0.29) is 114 Å². The molecule has 0 atom stereocenters. The Labute approximate surface area is 444 Å². The molecule has 8 heterocycles. The van der Waals surface area contributed by atoms with Gasteiger partial charge in [0.2, 0.25) is 0 Å². The molecule has 0 bridgehead atoms. The second kappa shape index (κ2) is 33.0. The van der Waals surface area contributed by atoms with Crippen molar-refractivity contribution in [3.8, 4) is 0 Å². The van der Waals surface area contributed by atoms with E-state index < -0.39 is 31.7 Å². The second-order valence-electron chi connectivity index (χ2n) is 12.1. The van der Waals surface area contributed by atoms with E-state index in [1.165, 1.54) is 0 Å². The van der Waals surface area contributed by atoms with Gasteiger partial charge in [-0.2, -0.15) is 0 Å². The predicted octanol–water partition coefficient (Wildman–Crippen LogP) is -0.338. The minimum atomic E-state index is -0.626. The van der Waals surface area contributed by atoms with Crippen LogP contribution in [-0.2, 0) is 89.5 Å². The molecule has 0 saturated heterocycles. The Morgan fingerprint density at radius 1 is 0.226 bits per heavy atom. The maximum Gasteiger partial charge on any atom is 1.00 e. The Bertz CT molecular complexity index is 1820. The van der Waals surface area contributed by atoms with Crippen molar-refractivity contribution in [2.24, 2.45) is 0 Å². The molecule has 62 heavy (non-hydrogen) atoms. The molecule has 0 aliphatic carbocycles. The number of nitrogens with zero attached hydrogens (tertiary/aromatic N) is 8. The standard InChI is InChI=1S/2C22H20N4P2.4Au.2ClH/c2*1-5-13-23-19(9-1)27(20-10-2-6-14-24-20)17-18-28(21-11-3-7-15-25-21)22-12-4-8-16-26-22;;;;;;/h2*1-16H,17-18H2;;;;;2*1H/q;;4*+1;;/p-2. The molecule has 8 nitrogen and oxygen atoms in total. The van der Waals surface area contributed by atoms with Crippen LogP contribution < -0.4 is 68.3 Å². The zero-order valence-corrected chi connectivity index (χ0v) is 46.4. The molecule has 0 aliphatic heterocycles. The summed E-state index contributed by atoms with van der Waals surface area (Å²) >= 11 is 0. The van der Waals surface area contributed by atoms with Crippen LogP contribution in [0.15, 0.2) is 195 Å². The van der Waals surface area contributed by atoms with E-state index in [1.807, 2.05) is 98.1 Å². The molecule has 18 heteroatoms. The topological polar surface area (TPSA) is 103 Å². The summed E-state index contributed by atoms with van der Waals surface area (Å²) < 4.78 is 0. The monoisotopic (exact) mass is 1660 g/mol. The molecule has 0 radical (unpaired) electrons. The third-order valence-corrected chi connectivity index (χ3v) is 18.4. The number of pyridine rings is 8. The summed E-state index contributed by atoms with van der Waals surface area (Å²) in [7, 11) is -2.50. The molecule has 0 aliphatic rings. The summed E-state index contributed by atoms with van der Waals surface area (Å²) in [5.41, 5.74) is 8.95. The van der Waals surface area contributed by atoms with Gasteiger partial charge in [0.15, 0.2) is 0 Å². The van der Waals surface area contributed by atoms with E-state index in [0.29, 0.717) is 0 Å². The van der Waals surface area contributed by atoms with Gasteiger partial charge in [0.1, 0.15) is 0 Å². The van der Waals surface area contributed by atoms with Crippen molar-refractivity contribution in [1.29, 1.82) is 0 Å². The fourth-order valence-corrected chi connectivity index (χ4v) is 15.6. The van der Waals surface area contributed by atoms with Gasteiger partial charge in [-0.1, -0.05) is 48.5 Å². The minimum Gasteiger partial charge on any atom is -1.00 e. The van der Waals surface area contributed by atoms with Crippen LogP contribution in [0, 0.1) is 0 Å². The largest absolute Gasteiger partial charge is 1.00 e. The maximum atomic E-state index is 4.64. The van der Waals surface area contributed by atoms with Gasteiger partial charge in [-0.3, -0.25) is 39.9 Å². The van der Waals surface area contributed by atoms with Gasteiger partial charge in [-0.05, 0) is 153 Å². The zero-order chi connectivity index (χ0) is 38.0. The summed E-state index contributed by atoms with van der Waals surface area (Å²) in [6, 6.07) is 49.1. The number of aromatic nitrogens is 8. The van der Waals surface area contributed by atoms with Crippen LogP contribution in [0.4, 0.5) is 0 Å². The molecule has 8 rings (SSSR count). The van der Waals surface area contributed by atoms with E-state index in [0.717, 1.165) is 68.1 Å². The van der Waals surface area contributed by atoms with Crippen LogP contribution in [0.3, 0.4) is 0 Å². The van der Waals surface area contributed by atoms with E-state index in [4.69, 9.17) is 0 Å². The van der Waals surface area contributed by atoms with Gasteiger partial charge in [0.05, 0.1) is 43.5 Å². The molecular formula is C44H40Au4Cl2N8P4+2. The molecule has 0 spiro atoms. The predicted molar refractivity (Wildman–Crippen MR) is 238 cm³/mol. The van der Waals surface area contributed by atoms with Crippen molar-refractivity contribution < 1.29 is 114 Å². The molecule has 332 valence electrons. The fraction of sp³-hybridized carbons (Fsp3) is 0.0909. The van der Waals surface area contributed by atoms with Crippen LogP contribution in [0.25, 0.3) is 0 Å². The van der Waals surface area contributed by atoms with Gasteiger partial charge in [0, 0.05) is 49.6 Å². The average Bonchev–Trinajstić information content (AvgIpc) is 3.29. The Morgan fingerprint density at radius 3 is 0.452 bits per heavy atom. The first-order chi connectivity index (χ1) is 27.8. The van der Waals surface area contributed by atoms with E-state index in [1.54, 1.807) is 0 Å². The van der Waals surface area contributed by atoms with Crippen molar-refractivity contribution in [1.82, 2.24) is 39.9 Å².